The van der Waals surface area contributed by atoms with Gasteiger partial charge in [0.15, 0.2) is 5.69 Å². The van der Waals surface area contributed by atoms with Crippen molar-refractivity contribution >= 4 is 11.6 Å². The van der Waals surface area contributed by atoms with Crippen LogP contribution in [-0.2, 0) is 6.54 Å². The first kappa shape index (κ1) is 12.4. The van der Waals surface area contributed by atoms with Gasteiger partial charge in [-0.25, -0.2) is 9.40 Å². The summed E-state index contributed by atoms with van der Waals surface area (Å²) in [5, 5.41) is 5.01. The van der Waals surface area contributed by atoms with Crippen molar-refractivity contribution in [3.63, 3.8) is 0 Å². The van der Waals surface area contributed by atoms with E-state index in [1.807, 2.05) is 0 Å². The standard InChI is InChI=1S/C14H12FN3O2/c1-8-12-9(2)20-17-13(12)14(19)18(16-8)7-10-5-3-4-6-11(10)15/h3-6,16H,1,7H2,2H3. The fourth-order valence-corrected chi connectivity index (χ4v) is 2.18. The number of carbonyl (C=O) groups excluding carboxylic acids is 1. The minimum Gasteiger partial charge on any atom is -0.360 e. The second-order valence-corrected chi connectivity index (χ2v) is 4.54. The summed E-state index contributed by atoms with van der Waals surface area (Å²) < 4.78 is 18.7. The predicted octanol–water partition coefficient (Wildman–Crippen LogP) is 2.25. The smallest absolute Gasteiger partial charge is 0.295 e. The largest absolute Gasteiger partial charge is 0.360 e. The van der Waals surface area contributed by atoms with Gasteiger partial charge in [-0.3, -0.25) is 10.2 Å². The first-order chi connectivity index (χ1) is 9.58. The van der Waals surface area contributed by atoms with Crippen molar-refractivity contribution in [1.82, 2.24) is 15.6 Å². The molecule has 0 unspecified atom stereocenters. The van der Waals surface area contributed by atoms with Gasteiger partial charge in [0.25, 0.3) is 5.91 Å². The van der Waals surface area contributed by atoms with Crippen LogP contribution in [0.25, 0.3) is 5.70 Å². The number of hydrogen-bond donors (Lipinski definition) is 1. The number of aromatic nitrogens is 1. The molecule has 0 aliphatic carbocycles. The monoisotopic (exact) mass is 273 g/mol. The van der Waals surface area contributed by atoms with Crippen LogP contribution < -0.4 is 5.43 Å². The molecule has 1 amide bonds. The van der Waals surface area contributed by atoms with Crippen LogP contribution in [0.15, 0.2) is 35.4 Å². The minimum absolute atomic E-state index is 0.0792. The maximum atomic E-state index is 13.6. The molecule has 20 heavy (non-hydrogen) atoms. The molecule has 6 heteroatoms. The highest BCUT2D eigenvalue weighted by molar-refractivity contribution is 5.99. The number of halogens is 1. The molecule has 0 saturated heterocycles. The maximum absolute atomic E-state index is 13.6. The Bertz CT molecular complexity index is 708. The van der Waals surface area contributed by atoms with Gasteiger partial charge in [0.05, 0.1) is 17.8 Å². The molecule has 0 atom stereocenters. The number of hydrogen-bond acceptors (Lipinski definition) is 4. The Kier molecular flexibility index (Phi) is 2.78. The van der Waals surface area contributed by atoms with Gasteiger partial charge in [0, 0.05) is 5.56 Å². The highest BCUT2D eigenvalue weighted by atomic mass is 19.1. The third-order valence-corrected chi connectivity index (χ3v) is 3.17. The van der Waals surface area contributed by atoms with Gasteiger partial charge in [-0.15, -0.1) is 0 Å². The Hall–Kier alpha value is -2.63. The molecular formula is C14H12FN3O2. The van der Waals surface area contributed by atoms with E-state index < -0.39 is 0 Å². The van der Waals surface area contributed by atoms with E-state index in [9.17, 15) is 9.18 Å². The summed E-state index contributed by atoms with van der Waals surface area (Å²) in [7, 11) is 0. The molecule has 0 fully saturated rings. The first-order valence-electron chi connectivity index (χ1n) is 6.05. The number of hydrazine groups is 1. The Balaban J connectivity index is 1.92. The van der Waals surface area contributed by atoms with Crippen molar-refractivity contribution in [3.8, 4) is 0 Å². The number of carbonyl (C=O) groups is 1. The van der Waals surface area contributed by atoms with Crippen molar-refractivity contribution in [3.05, 3.63) is 59.2 Å². The zero-order valence-electron chi connectivity index (χ0n) is 10.8. The number of nitrogens with zero attached hydrogens (tertiary/aromatic N) is 2. The number of fused-ring (bicyclic) bond motifs is 1. The molecule has 1 aromatic heterocycles. The SMILES string of the molecule is C=C1NN(Cc2ccccc2F)C(=O)c2noc(C)c21. The first-order valence-corrected chi connectivity index (χ1v) is 6.05. The summed E-state index contributed by atoms with van der Waals surface area (Å²) in [5.74, 6) is -0.210. The zero-order valence-corrected chi connectivity index (χ0v) is 10.8. The lowest BCUT2D eigenvalue weighted by molar-refractivity contribution is 0.0663. The molecule has 3 rings (SSSR count). The van der Waals surface area contributed by atoms with Crippen LogP contribution in [0, 0.1) is 12.7 Å². The highest BCUT2D eigenvalue weighted by Gasteiger charge is 2.32. The normalized spacial score (nSPS) is 14.2. The van der Waals surface area contributed by atoms with Gasteiger partial charge < -0.3 is 4.52 Å². The lowest BCUT2D eigenvalue weighted by atomic mass is 10.1. The second-order valence-electron chi connectivity index (χ2n) is 4.54. The fraction of sp³-hybridized carbons (Fsp3) is 0.143. The van der Waals surface area contributed by atoms with Crippen LogP contribution in [0.3, 0.4) is 0 Å². The quantitative estimate of drug-likeness (QED) is 0.911. The van der Waals surface area contributed by atoms with Gasteiger partial charge in [-0.1, -0.05) is 29.9 Å². The van der Waals surface area contributed by atoms with E-state index in [0.717, 1.165) is 0 Å². The topological polar surface area (TPSA) is 58.4 Å². The summed E-state index contributed by atoms with van der Waals surface area (Å²) in [4.78, 5) is 12.3. The van der Waals surface area contributed by atoms with Crippen molar-refractivity contribution in [2.24, 2.45) is 0 Å². The lowest BCUT2D eigenvalue weighted by Crippen LogP contribution is -2.45. The van der Waals surface area contributed by atoms with Crippen molar-refractivity contribution < 1.29 is 13.7 Å². The molecular weight excluding hydrogens is 261 g/mol. The van der Waals surface area contributed by atoms with Gasteiger partial charge in [-0.2, -0.15) is 0 Å². The van der Waals surface area contributed by atoms with Gasteiger partial charge >= 0.3 is 0 Å². The molecule has 102 valence electrons. The molecule has 5 nitrogen and oxygen atoms in total. The van der Waals surface area contributed by atoms with Crippen LogP contribution in [0.1, 0.15) is 27.4 Å². The average Bonchev–Trinajstić information content (AvgIpc) is 2.81. The Labute approximate surface area is 114 Å². The highest BCUT2D eigenvalue weighted by Crippen LogP contribution is 2.26. The summed E-state index contributed by atoms with van der Waals surface area (Å²) in [6, 6.07) is 6.29. The van der Waals surface area contributed by atoms with E-state index in [4.69, 9.17) is 4.52 Å². The van der Waals surface area contributed by atoms with Crippen LogP contribution in [0.5, 0.6) is 0 Å². The zero-order chi connectivity index (χ0) is 14.3. The van der Waals surface area contributed by atoms with Gasteiger partial charge in [0.2, 0.25) is 0 Å². The van der Waals surface area contributed by atoms with E-state index in [1.165, 1.54) is 11.1 Å². The molecule has 0 spiro atoms. The maximum Gasteiger partial charge on any atom is 0.295 e. The van der Waals surface area contributed by atoms with Crippen LogP contribution in [-0.4, -0.2) is 16.1 Å². The van der Waals surface area contributed by atoms with Gasteiger partial charge in [0.1, 0.15) is 11.6 Å². The molecule has 0 radical (unpaired) electrons. The molecule has 2 heterocycles. The molecule has 1 N–H and O–H groups in total. The van der Waals surface area contributed by atoms with E-state index >= 15 is 0 Å². The number of nitrogens with one attached hydrogen (secondary N) is 1. The number of rotatable bonds is 2. The van der Waals surface area contributed by atoms with Crippen LogP contribution in [0.2, 0.25) is 0 Å². The third kappa shape index (κ3) is 1.85. The molecule has 1 aromatic carbocycles. The van der Waals surface area contributed by atoms with Crippen molar-refractivity contribution in [2.75, 3.05) is 0 Å². The van der Waals surface area contributed by atoms with E-state index in [0.29, 0.717) is 22.6 Å². The second kappa shape index (κ2) is 4.48. The minimum atomic E-state index is -0.368. The average molecular weight is 273 g/mol. The molecule has 0 saturated carbocycles. The van der Waals surface area contributed by atoms with E-state index in [2.05, 4.69) is 17.2 Å². The third-order valence-electron chi connectivity index (χ3n) is 3.17. The van der Waals surface area contributed by atoms with Crippen molar-refractivity contribution in [2.45, 2.75) is 13.5 Å². The van der Waals surface area contributed by atoms with E-state index in [-0.39, 0.29) is 24.0 Å². The van der Waals surface area contributed by atoms with Gasteiger partial charge in [-0.05, 0) is 13.0 Å². The number of amides is 1. The van der Waals surface area contributed by atoms with Crippen LogP contribution in [0.4, 0.5) is 4.39 Å². The molecule has 2 aromatic rings. The molecule has 0 bridgehead atoms. The molecule has 1 aliphatic heterocycles. The Morgan fingerprint density at radius 1 is 1.45 bits per heavy atom. The molecule has 1 aliphatic rings. The summed E-state index contributed by atoms with van der Waals surface area (Å²) in [5.41, 5.74) is 4.53. The fourth-order valence-electron chi connectivity index (χ4n) is 2.18. The number of benzene rings is 1. The summed E-state index contributed by atoms with van der Waals surface area (Å²) in [6.45, 7) is 5.62. The Morgan fingerprint density at radius 2 is 2.20 bits per heavy atom. The predicted molar refractivity (Wildman–Crippen MR) is 69.7 cm³/mol. The van der Waals surface area contributed by atoms with E-state index in [1.54, 1.807) is 25.1 Å². The Morgan fingerprint density at radius 3 is 2.95 bits per heavy atom. The van der Waals surface area contributed by atoms with Crippen molar-refractivity contribution in [1.29, 1.82) is 0 Å². The van der Waals surface area contributed by atoms with Crippen LogP contribution >= 0.6 is 0 Å². The summed E-state index contributed by atoms with van der Waals surface area (Å²) in [6.07, 6.45) is 0. The number of aryl methyl sites for hydroxylation is 1. The lowest BCUT2D eigenvalue weighted by Gasteiger charge is -2.28. The summed E-state index contributed by atoms with van der Waals surface area (Å²) >= 11 is 0.